The molecular weight excluding hydrogens is 386 g/mol. The molecule has 0 fully saturated rings. The first kappa shape index (κ1) is 20.8. The van der Waals surface area contributed by atoms with Gasteiger partial charge < -0.3 is 15.4 Å². The summed E-state index contributed by atoms with van der Waals surface area (Å²) in [6.45, 7) is 1.06. The molecule has 0 radical (unpaired) electrons. The molecule has 0 aliphatic heterocycles. The van der Waals surface area contributed by atoms with Crippen molar-refractivity contribution in [1.29, 1.82) is 0 Å². The Morgan fingerprint density at radius 1 is 1.04 bits per heavy atom. The number of para-hydroxylation sites is 1. The molecule has 2 aromatic carbocycles. The lowest BCUT2D eigenvalue weighted by Gasteiger charge is -2.14. The molecule has 0 bridgehead atoms. The van der Waals surface area contributed by atoms with Gasteiger partial charge in [-0.2, -0.15) is 0 Å². The third kappa shape index (κ3) is 6.32. The molecule has 27 heavy (non-hydrogen) atoms. The van der Waals surface area contributed by atoms with Crippen LogP contribution in [0.3, 0.4) is 0 Å². The summed E-state index contributed by atoms with van der Waals surface area (Å²) < 4.78 is 4.96. The van der Waals surface area contributed by atoms with Crippen molar-refractivity contribution in [3.63, 3.8) is 0 Å². The molecule has 0 unspecified atom stereocenters. The van der Waals surface area contributed by atoms with E-state index in [0.29, 0.717) is 41.4 Å². The number of carbonyl (C=O) groups is 2. The smallest absolute Gasteiger partial charge is 0.258 e. The molecule has 0 spiro atoms. The number of hydrogen-bond donors (Lipinski definition) is 3. The Labute approximate surface area is 168 Å². The van der Waals surface area contributed by atoms with E-state index in [4.69, 9.17) is 28.6 Å². The van der Waals surface area contributed by atoms with E-state index in [-0.39, 0.29) is 11.0 Å². The summed E-state index contributed by atoms with van der Waals surface area (Å²) >= 11 is 11.2. The van der Waals surface area contributed by atoms with Gasteiger partial charge in [0.2, 0.25) is 0 Å². The maximum absolute atomic E-state index is 12.4. The van der Waals surface area contributed by atoms with Crippen molar-refractivity contribution in [2.45, 2.75) is 6.42 Å². The van der Waals surface area contributed by atoms with Gasteiger partial charge in [-0.3, -0.25) is 14.9 Å². The van der Waals surface area contributed by atoms with Crippen LogP contribution >= 0.6 is 23.8 Å². The van der Waals surface area contributed by atoms with E-state index in [1.807, 2.05) is 0 Å². The molecule has 0 saturated carbocycles. The van der Waals surface area contributed by atoms with Gasteiger partial charge in [-0.05, 0) is 42.9 Å². The van der Waals surface area contributed by atoms with E-state index in [1.165, 1.54) is 0 Å². The van der Waals surface area contributed by atoms with Gasteiger partial charge in [-0.25, -0.2) is 0 Å². The Hall–Kier alpha value is -2.48. The van der Waals surface area contributed by atoms with Crippen LogP contribution in [0.15, 0.2) is 48.5 Å². The third-order valence-electron chi connectivity index (χ3n) is 3.58. The van der Waals surface area contributed by atoms with Gasteiger partial charge in [0.05, 0.1) is 21.8 Å². The number of rotatable bonds is 7. The highest BCUT2D eigenvalue weighted by Gasteiger charge is 2.14. The van der Waals surface area contributed by atoms with Crippen molar-refractivity contribution >= 4 is 46.4 Å². The standard InChI is InChI=1S/C19H20ClN3O3S/c1-26-12-6-11-21-17(24)14-8-3-5-10-16(14)22-19(27)23-18(25)13-7-2-4-9-15(13)20/h2-5,7-10H,6,11-12H2,1H3,(H,21,24)(H2,22,23,25,27). The van der Waals surface area contributed by atoms with Crippen LogP contribution in [0.25, 0.3) is 0 Å². The summed E-state index contributed by atoms with van der Waals surface area (Å²) in [5.74, 6) is -0.672. The van der Waals surface area contributed by atoms with Crippen molar-refractivity contribution in [1.82, 2.24) is 10.6 Å². The number of anilines is 1. The minimum atomic E-state index is -0.431. The second-order valence-corrected chi connectivity index (χ2v) is 6.35. The highest BCUT2D eigenvalue weighted by molar-refractivity contribution is 7.80. The monoisotopic (exact) mass is 405 g/mol. The lowest BCUT2D eigenvalue weighted by atomic mass is 10.1. The van der Waals surface area contributed by atoms with Crippen LogP contribution in [0, 0.1) is 0 Å². The number of methoxy groups -OCH3 is 1. The lowest BCUT2D eigenvalue weighted by molar-refractivity contribution is 0.0947. The molecule has 8 heteroatoms. The number of ether oxygens (including phenoxy) is 1. The Morgan fingerprint density at radius 3 is 2.41 bits per heavy atom. The average Bonchev–Trinajstić information content (AvgIpc) is 2.65. The number of halogens is 1. The molecule has 2 aromatic rings. The summed E-state index contributed by atoms with van der Waals surface area (Å²) in [6, 6.07) is 13.6. The molecule has 0 aromatic heterocycles. The largest absolute Gasteiger partial charge is 0.385 e. The molecular formula is C19H20ClN3O3S. The minimum Gasteiger partial charge on any atom is -0.385 e. The maximum atomic E-state index is 12.4. The van der Waals surface area contributed by atoms with Crippen molar-refractivity contribution in [2.75, 3.05) is 25.6 Å². The molecule has 0 atom stereocenters. The van der Waals surface area contributed by atoms with Crippen LogP contribution in [0.1, 0.15) is 27.1 Å². The zero-order valence-corrected chi connectivity index (χ0v) is 16.3. The Balaban J connectivity index is 2.00. The normalized spacial score (nSPS) is 10.1. The van der Waals surface area contributed by atoms with Crippen LogP contribution in [0.5, 0.6) is 0 Å². The third-order valence-corrected chi connectivity index (χ3v) is 4.11. The molecule has 3 N–H and O–H groups in total. The Kier molecular flexibility index (Phi) is 8.19. The molecule has 0 heterocycles. The summed E-state index contributed by atoms with van der Waals surface area (Å²) in [6.07, 6.45) is 0.712. The lowest BCUT2D eigenvalue weighted by Crippen LogP contribution is -2.35. The molecule has 0 aliphatic rings. The number of hydrogen-bond acceptors (Lipinski definition) is 4. The van der Waals surface area contributed by atoms with Gasteiger partial charge in [0, 0.05) is 20.3 Å². The highest BCUT2D eigenvalue weighted by Crippen LogP contribution is 2.16. The molecule has 2 amide bonds. The summed E-state index contributed by atoms with van der Waals surface area (Å²) in [7, 11) is 1.61. The molecule has 0 saturated heterocycles. The van der Waals surface area contributed by atoms with Gasteiger partial charge in [-0.15, -0.1) is 0 Å². The molecule has 6 nitrogen and oxygen atoms in total. The predicted octanol–water partition coefficient (Wildman–Crippen LogP) is 3.23. The number of amides is 2. The Bertz CT molecular complexity index is 829. The number of carbonyl (C=O) groups excluding carboxylic acids is 2. The van der Waals surface area contributed by atoms with Crippen molar-refractivity contribution in [3.05, 3.63) is 64.7 Å². The summed E-state index contributed by atoms with van der Waals surface area (Å²) in [4.78, 5) is 24.6. The fourth-order valence-corrected chi connectivity index (χ4v) is 2.70. The second kappa shape index (κ2) is 10.6. The van der Waals surface area contributed by atoms with Crippen LogP contribution in [0.2, 0.25) is 5.02 Å². The van der Waals surface area contributed by atoms with Gasteiger partial charge in [0.1, 0.15) is 0 Å². The quantitative estimate of drug-likeness (QED) is 0.487. The fourth-order valence-electron chi connectivity index (χ4n) is 2.27. The first-order valence-electron chi connectivity index (χ1n) is 8.26. The highest BCUT2D eigenvalue weighted by atomic mass is 35.5. The van der Waals surface area contributed by atoms with Crippen LogP contribution in [-0.2, 0) is 4.74 Å². The van der Waals surface area contributed by atoms with Crippen LogP contribution < -0.4 is 16.0 Å². The van der Waals surface area contributed by atoms with Crippen LogP contribution in [-0.4, -0.2) is 37.2 Å². The topological polar surface area (TPSA) is 79.5 Å². The molecule has 142 valence electrons. The average molecular weight is 406 g/mol. The zero-order valence-electron chi connectivity index (χ0n) is 14.8. The van der Waals surface area contributed by atoms with Crippen molar-refractivity contribution in [2.24, 2.45) is 0 Å². The SMILES string of the molecule is COCCCNC(=O)c1ccccc1NC(=S)NC(=O)c1ccccc1Cl. The second-order valence-electron chi connectivity index (χ2n) is 5.54. The number of thiocarbonyl (C=S) groups is 1. The fraction of sp³-hybridized carbons (Fsp3) is 0.211. The number of benzene rings is 2. The van der Waals surface area contributed by atoms with Gasteiger partial charge in [0.15, 0.2) is 5.11 Å². The van der Waals surface area contributed by atoms with E-state index < -0.39 is 5.91 Å². The Morgan fingerprint density at radius 2 is 1.70 bits per heavy atom. The summed E-state index contributed by atoms with van der Waals surface area (Å²) in [5, 5.41) is 8.66. The van der Waals surface area contributed by atoms with E-state index in [1.54, 1.807) is 55.6 Å². The van der Waals surface area contributed by atoms with Crippen molar-refractivity contribution in [3.8, 4) is 0 Å². The summed E-state index contributed by atoms with van der Waals surface area (Å²) in [5.41, 5.74) is 1.22. The van der Waals surface area contributed by atoms with Gasteiger partial charge >= 0.3 is 0 Å². The molecule has 0 aliphatic carbocycles. The first-order chi connectivity index (χ1) is 13.0. The zero-order chi connectivity index (χ0) is 19.6. The van der Waals surface area contributed by atoms with Gasteiger partial charge in [0.25, 0.3) is 11.8 Å². The van der Waals surface area contributed by atoms with E-state index >= 15 is 0 Å². The first-order valence-corrected chi connectivity index (χ1v) is 9.04. The van der Waals surface area contributed by atoms with Gasteiger partial charge in [-0.1, -0.05) is 35.9 Å². The maximum Gasteiger partial charge on any atom is 0.258 e. The predicted molar refractivity (Wildman–Crippen MR) is 110 cm³/mol. The van der Waals surface area contributed by atoms with Crippen molar-refractivity contribution < 1.29 is 14.3 Å². The molecule has 2 rings (SSSR count). The van der Waals surface area contributed by atoms with E-state index in [0.717, 1.165) is 0 Å². The van der Waals surface area contributed by atoms with Crippen LogP contribution in [0.4, 0.5) is 5.69 Å². The number of nitrogens with one attached hydrogen (secondary N) is 3. The van der Waals surface area contributed by atoms with E-state index in [9.17, 15) is 9.59 Å². The minimum absolute atomic E-state index is 0.0690. The van der Waals surface area contributed by atoms with E-state index in [2.05, 4.69) is 16.0 Å².